The number of halogens is 4. The maximum atomic E-state index is 12.7. The molecule has 0 aliphatic heterocycles. The van der Waals surface area contributed by atoms with Gasteiger partial charge in [-0.3, -0.25) is 10.2 Å². The van der Waals surface area contributed by atoms with Crippen LogP contribution in [0.4, 0.5) is 13.2 Å². The molecule has 118 valence electrons. The van der Waals surface area contributed by atoms with Crippen molar-refractivity contribution in [1.82, 2.24) is 0 Å². The number of aryl methyl sites for hydroxylation is 1. The van der Waals surface area contributed by atoms with Crippen molar-refractivity contribution in [2.24, 2.45) is 11.5 Å². The second-order valence-electron chi connectivity index (χ2n) is 4.46. The number of carbonyl (C=O) groups excluding carboxylic acids is 1. The first-order valence-electron chi connectivity index (χ1n) is 6.04. The molecule has 5 N–H and O–H groups in total. The molecule has 0 radical (unpaired) electrons. The Kier molecular flexibility index (Phi) is 7.21. The van der Waals surface area contributed by atoms with E-state index in [2.05, 4.69) is 0 Å². The van der Waals surface area contributed by atoms with E-state index in [0.717, 1.165) is 6.07 Å². The SMILES string of the molecule is Cl.N=C(N)c1cc(CCCCC(N)=O)ccc1C(F)(F)F. The normalized spacial score (nSPS) is 10.8. The second-order valence-corrected chi connectivity index (χ2v) is 4.46. The summed E-state index contributed by atoms with van der Waals surface area (Å²) in [4.78, 5) is 10.6. The van der Waals surface area contributed by atoms with Gasteiger partial charge in [-0.25, -0.2) is 0 Å². The fourth-order valence-corrected chi connectivity index (χ4v) is 1.85. The van der Waals surface area contributed by atoms with Crippen LogP contribution in [0.15, 0.2) is 18.2 Å². The van der Waals surface area contributed by atoms with Gasteiger partial charge in [-0.15, -0.1) is 12.4 Å². The van der Waals surface area contributed by atoms with Gasteiger partial charge in [0.05, 0.1) is 5.56 Å². The van der Waals surface area contributed by atoms with Gasteiger partial charge in [0.1, 0.15) is 5.84 Å². The van der Waals surface area contributed by atoms with Gasteiger partial charge in [-0.2, -0.15) is 13.2 Å². The topological polar surface area (TPSA) is 93.0 Å². The number of unbranched alkanes of at least 4 members (excludes halogenated alkanes) is 1. The molecule has 0 fully saturated rings. The first-order valence-corrected chi connectivity index (χ1v) is 6.04. The number of nitrogens with one attached hydrogen (secondary N) is 1. The second kappa shape index (κ2) is 7.87. The molecule has 0 saturated carbocycles. The maximum absolute atomic E-state index is 12.7. The predicted octanol–water partition coefficient (Wildman–Crippen LogP) is 2.61. The molecule has 0 spiro atoms. The highest BCUT2D eigenvalue weighted by molar-refractivity contribution is 5.96. The molecular weight excluding hydrogens is 307 g/mol. The zero-order valence-electron chi connectivity index (χ0n) is 11.2. The highest BCUT2D eigenvalue weighted by Gasteiger charge is 2.33. The van der Waals surface area contributed by atoms with E-state index in [-0.39, 0.29) is 24.4 Å². The van der Waals surface area contributed by atoms with Gasteiger partial charge in [0.25, 0.3) is 0 Å². The molecule has 0 heterocycles. The highest BCUT2D eigenvalue weighted by Crippen LogP contribution is 2.32. The van der Waals surface area contributed by atoms with E-state index in [1.165, 1.54) is 12.1 Å². The summed E-state index contributed by atoms with van der Waals surface area (Å²) in [5.74, 6) is -1.02. The molecule has 21 heavy (non-hydrogen) atoms. The summed E-state index contributed by atoms with van der Waals surface area (Å²) < 4.78 is 38.2. The van der Waals surface area contributed by atoms with Crippen molar-refractivity contribution in [3.05, 3.63) is 34.9 Å². The molecule has 1 aromatic rings. The molecular formula is C13H17ClF3N3O. The van der Waals surface area contributed by atoms with Gasteiger partial charge in [0.15, 0.2) is 0 Å². The molecule has 0 aliphatic rings. The van der Waals surface area contributed by atoms with Crippen molar-refractivity contribution in [3.63, 3.8) is 0 Å². The fourth-order valence-electron chi connectivity index (χ4n) is 1.85. The summed E-state index contributed by atoms with van der Waals surface area (Å²) in [5, 5.41) is 7.24. The number of alkyl halides is 3. The Morgan fingerprint density at radius 1 is 1.19 bits per heavy atom. The monoisotopic (exact) mass is 323 g/mol. The third-order valence-electron chi connectivity index (χ3n) is 2.82. The number of nitrogens with two attached hydrogens (primary N) is 2. The number of benzene rings is 1. The van der Waals surface area contributed by atoms with Crippen LogP contribution in [0.2, 0.25) is 0 Å². The van der Waals surface area contributed by atoms with Crippen molar-refractivity contribution < 1.29 is 18.0 Å². The van der Waals surface area contributed by atoms with Gasteiger partial charge in [-0.1, -0.05) is 6.07 Å². The number of amides is 1. The maximum Gasteiger partial charge on any atom is 0.417 e. The number of hydrogen-bond acceptors (Lipinski definition) is 2. The largest absolute Gasteiger partial charge is 0.417 e. The average molecular weight is 324 g/mol. The summed E-state index contributed by atoms with van der Waals surface area (Å²) in [6.07, 6.45) is -2.57. The minimum atomic E-state index is -4.54. The molecule has 0 atom stereocenters. The van der Waals surface area contributed by atoms with E-state index in [9.17, 15) is 18.0 Å². The van der Waals surface area contributed by atoms with Crippen molar-refractivity contribution in [2.45, 2.75) is 31.9 Å². The summed E-state index contributed by atoms with van der Waals surface area (Å²) in [7, 11) is 0. The third-order valence-corrected chi connectivity index (χ3v) is 2.82. The lowest BCUT2D eigenvalue weighted by molar-refractivity contribution is -0.137. The molecule has 1 rings (SSSR count). The molecule has 0 aromatic heterocycles. The van der Waals surface area contributed by atoms with E-state index in [4.69, 9.17) is 16.9 Å². The smallest absolute Gasteiger partial charge is 0.384 e. The molecule has 1 aromatic carbocycles. The van der Waals surface area contributed by atoms with Crippen molar-refractivity contribution in [1.29, 1.82) is 5.41 Å². The van der Waals surface area contributed by atoms with Crippen LogP contribution in [0.1, 0.15) is 36.0 Å². The van der Waals surface area contributed by atoms with Crippen LogP contribution in [0, 0.1) is 5.41 Å². The molecule has 4 nitrogen and oxygen atoms in total. The van der Waals surface area contributed by atoms with Gasteiger partial charge in [0, 0.05) is 12.0 Å². The first kappa shape index (κ1) is 19.2. The summed E-state index contributed by atoms with van der Waals surface area (Å²) in [6, 6.07) is 3.56. The minimum absolute atomic E-state index is 0. The standard InChI is InChI=1S/C13H16F3N3O.ClH/c14-13(15,16)10-6-5-8(7-9(10)12(18)19)3-1-2-4-11(17)20;/h5-7H,1-4H2,(H2,17,20)(H3,18,19);1H. The molecule has 0 unspecified atom stereocenters. The lowest BCUT2D eigenvalue weighted by Crippen LogP contribution is -2.19. The van der Waals surface area contributed by atoms with Crippen molar-refractivity contribution in [2.75, 3.05) is 0 Å². The Morgan fingerprint density at radius 2 is 1.81 bits per heavy atom. The van der Waals surface area contributed by atoms with Gasteiger partial charge >= 0.3 is 6.18 Å². The lowest BCUT2D eigenvalue weighted by Gasteiger charge is -2.13. The summed E-state index contributed by atoms with van der Waals surface area (Å²) in [6.45, 7) is 0. The predicted molar refractivity (Wildman–Crippen MR) is 76.5 cm³/mol. The Hall–Kier alpha value is -1.76. The summed E-state index contributed by atoms with van der Waals surface area (Å²) in [5.41, 5.74) is 9.61. The van der Waals surface area contributed by atoms with Crippen LogP contribution < -0.4 is 11.5 Å². The van der Waals surface area contributed by atoms with E-state index in [0.29, 0.717) is 24.8 Å². The number of carbonyl (C=O) groups is 1. The lowest BCUT2D eigenvalue weighted by atomic mass is 9.99. The van der Waals surface area contributed by atoms with E-state index in [1.807, 2.05) is 0 Å². The fraction of sp³-hybridized carbons (Fsp3) is 0.385. The molecule has 8 heteroatoms. The van der Waals surface area contributed by atoms with Gasteiger partial charge in [0.2, 0.25) is 5.91 Å². The van der Waals surface area contributed by atoms with Crippen LogP contribution in [-0.4, -0.2) is 11.7 Å². The van der Waals surface area contributed by atoms with Gasteiger partial charge < -0.3 is 11.5 Å². The van der Waals surface area contributed by atoms with Crippen molar-refractivity contribution >= 4 is 24.1 Å². The highest BCUT2D eigenvalue weighted by atomic mass is 35.5. The third kappa shape index (κ3) is 6.03. The summed E-state index contributed by atoms with van der Waals surface area (Å²) >= 11 is 0. The van der Waals surface area contributed by atoms with Crippen LogP contribution in [0.5, 0.6) is 0 Å². The Balaban J connectivity index is 0.00000400. The zero-order valence-corrected chi connectivity index (χ0v) is 12.0. The van der Waals surface area contributed by atoms with Crippen LogP contribution in [-0.2, 0) is 17.4 Å². The van der Waals surface area contributed by atoms with E-state index < -0.39 is 23.5 Å². The molecule has 0 aliphatic carbocycles. The molecule has 0 bridgehead atoms. The van der Waals surface area contributed by atoms with Crippen LogP contribution >= 0.6 is 12.4 Å². The quantitative estimate of drug-likeness (QED) is 0.426. The average Bonchev–Trinajstić information content (AvgIpc) is 2.33. The molecule has 0 saturated heterocycles. The number of primary amides is 1. The Morgan fingerprint density at radius 3 is 2.29 bits per heavy atom. The van der Waals surface area contributed by atoms with Crippen LogP contribution in [0.25, 0.3) is 0 Å². The number of rotatable bonds is 6. The Labute approximate surface area is 126 Å². The minimum Gasteiger partial charge on any atom is -0.384 e. The Bertz CT molecular complexity index is 518. The van der Waals surface area contributed by atoms with Crippen molar-refractivity contribution in [3.8, 4) is 0 Å². The van der Waals surface area contributed by atoms with Gasteiger partial charge in [-0.05, 0) is 37.0 Å². The number of hydrogen-bond donors (Lipinski definition) is 3. The van der Waals surface area contributed by atoms with Crippen LogP contribution in [0.3, 0.4) is 0 Å². The number of amidine groups is 1. The van der Waals surface area contributed by atoms with E-state index in [1.54, 1.807) is 0 Å². The number of nitrogen functional groups attached to an aromatic ring is 1. The zero-order chi connectivity index (χ0) is 15.3. The molecule has 1 amide bonds. The van der Waals surface area contributed by atoms with E-state index >= 15 is 0 Å². The first-order chi connectivity index (χ1) is 9.21.